The molecule has 0 aromatic carbocycles. The molecule has 0 bridgehead atoms. The van der Waals surface area contributed by atoms with Crippen LogP contribution in [0.2, 0.25) is 0 Å². The average molecular weight is 571 g/mol. The normalized spacial score (nSPS) is 15.3. The fourth-order valence-electron chi connectivity index (χ4n) is 4.32. The van der Waals surface area contributed by atoms with Gasteiger partial charge in [0.05, 0.1) is 32.6 Å². The van der Waals surface area contributed by atoms with E-state index >= 15 is 0 Å². The van der Waals surface area contributed by atoms with Crippen molar-refractivity contribution in [3.8, 4) is 0 Å². The first-order valence-electron chi connectivity index (χ1n) is 13.8. The standard InChI is InChI=1S/C25H42N6O9/c32-22(33)10-9-21(24(36)37)28-25(38)27-20(23(34)35)8-4-5-12-31-16-19(29-30-31)17-40-15-14-39-13-11-26-18-6-2-1-3-7-18/h16,18,20-21,26H,1-15,17H2,(H,32,33)(H,34,35)(H,36,37)(H2,27,28,38)/t20-,21?/m0/s1. The monoisotopic (exact) mass is 570 g/mol. The number of ether oxygens (including phenoxy) is 2. The molecule has 226 valence electrons. The number of carboxylic acid groups (broad SMARTS) is 3. The number of rotatable bonds is 21. The van der Waals surface area contributed by atoms with Crippen LogP contribution >= 0.6 is 0 Å². The van der Waals surface area contributed by atoms with E-state index in [9.17, 15) is 24.3 Å². The molecule has 6 N–H and O–H groups in total. The van der Waals surface area contributed by atoms with E-state index in [-0.39, 0.29) is 12.8 Å². The number of urea groups is 1. The molecule has 1 aliphatic rings. The van der Waals surface area contributed by atoms with Gasteiger partial charge in [-0.15, -0.1) is 5.10 Å². The molecule has 15 nitrogen and oxygen atoms in total. The van der Waals surface area contributed by atoms with Gasteiger partial charge in [0.2, 0.25) is 0 Å². The predicted molar refractivity (Wildman–Crippen MR) is 141 cm³/mol. The summed E-state index contributed by atoms with van der Waals surface area (Å²) in [6, 6.07) is -3.06. The number of unbranched alkanes of at least 4 members (excludes halogenated alkanes) is 1. The Bertz CT molecular complexity index is 922. The number of carbonyl (C=O) groups is 4. The van der Waals surface area contributed by atoms with Crippen molar-refractivity contribution in [1.29, 1.82) is 0 Å². The quantitative estimate of drug-likeness (QED) is 0.114. The van der Waals surface area contributed by atoms with Gasteiger partial charge in [0.15, 0.2) is 0 Å². The second-order valence-corrected chi connectivity index (χ2v) is 9.75. The Morgan fingerprint density at radius 2 is 1.60 bits per heavy atom. The Balaban J connectivity index is 1.56. The van der Waals surface area contributed by atoms with Gasteiger partial charge in [-0.1, -0.05) is 24.5 Å². The van der Waals surface area contributed by atoms with Crippen molar-refractivity contribution in [1.82, 2.24) is 30.9 Å². The summed E-state index contributed by atoms with van der Waals surface area (Å²) in [7, 11) is 0. The van der Waals surface area contributed by atoms with Gasteiger partial charge in [-0.2, -0.15) is 0 Å². The maximum atomic E-state index is 12.1. The maximum absolute atomic E-state index is 12.1. The summed E-state index contributed by atoms with van der Waals surface area (Å²) in [5.41, 5.74) is 0.664. The maximum Gasteiger partial charge on any atom is 0.326 e. The van der Waals surface area contributed by atoms with E-state index < -0.39 is 42.4 Å². The smallest absolute Gasteiger partial charge is 0.326 e. The predicted octanol–water partition coefficient (Wildman–Crippen LogP) is 0.974. The SMILES string of the molecule is O=C(O)CCC(NC(=O)N[C@@H](CCCCn1cc(COCCOCCNC2CCCCC2)nn1)C(=O)O)C(=O)O. The highest BCUT2D eigenvalue weighted by Crippen LogP contribution is 2.17. The summed E-state index contributed by atoms with van der Waals surface area (Å²) in [5, 5.41) is 43.1. The van der Waals surface area contributed by atoms with Crippen LogP contribution in [0.1, 0.15) is 69.9 Å². The van der Waals surface area contributed by atoms with Gasteiger partial charge in [-0.05, 0) is 38.5 Å². The van der Waals surface area contributed by atoms with Gasteiger partial charge < -0.3 is 40.7 Å². The molecular formula is C25H42N6O9. The van der Waals surface area contributed by atoms with Gasteiger partial charge >= 0.3 is 23.9 Å². The highest BCUT2D eigenvalue weighted by molar-refractivity contribution is 5.86. The molecule has 0 saturated heterocycles. The lowest BCUT2D eigenvalue weighted by Gasteiger charge is -2.22. The van der Waals surface area contributed by atoms with Crippen LogP contribution in [0.4, 0.5) is 4.79 Å². The Kier molecular flexibility index (Phi) is 15.5. The zero-order valence-electron chi connectivity index (χ0n) is 22.8. The Morgan fingerprint density at radius 1 is 0.925 bits per heavy atom. The first-order chi connectivity index (χ1) is 19.2. The molecule has 1 unspecified atom stereocenters. The van der Waals surface area contributed by atoms with Crippen molar-refractivity contribution in [2.45, 2.75) is 95.5 Å². The number of aromatic nitrogens is 3. The summed E-state index contributed by atoms with van der Waals surface area (Å²) in [6.07, 6.45) is 8.52. The Hall–Kier alpha value is -3.30. The molecule has 1 fully saturated rings. The average Bonchev–Trinajstić information content (AvgIpc) is 3.37. The van der Waals surface area contributed by atoms with E-state index in [1.54, 1.807) is 10.9 Å². The third-order valence-electron chi connectivity index (χ3n) is 6.48. The van der Waals surface area contributed by atoms with Gasteiger partial charge in [-0.3, -0.25) is 9.48 Å². The first-order valence-corrected chi connectivity index (χ1v) is 13.8. The van der Waals surface area contributed by atoms with Gasteiger partial charge in [0.25, 0.3) is 0 Å². The van der Waals surface area contributed by atoms with Gasteiger partial charge in [0.1, 0.15) is 17.8 Å². The number of carbonyl (C=O) groups excluding carboxylic acids is 1. The van der Waals surface area contributed by atoms with E-state index in [0.29, 0.717) is 57.5 Å². The minimum absolute atomic E-state index is 0.108. The Labute approximate surface area is 233 Å². The minimum Gasteiger partial charge on any atom is -0.481 e. The van der Waals surface area contributed by atoms with E-state index in [1.807, 2.05) is 0 Å². The zero-order chi connectivity index (χ0) is 29.2. The molecule has 2 rings (SSSR count). The molecule has 15 heteroatoms. The molecule has 1 saturated carbocycles. The number of nitrogens with zero attached hydrogens (tertiary/aromatic N) is 3. The van der Waals surface area contributed by atoms with Crippen LogP contribution in [-0.2, 0) is 37.0 Å². The Morgan fingerprint density at radius 3 is 2.27 bits per heavy atom. The molecule has 0 aliphatic heterocycles. The molecule has 1 aromatic rings. The second-order valence-electron chi connectivity index (χ2n) is 9.75. The molecule has 1 heterocycles. The summed E-state index contributed by atoms with van der Waals surface area (Å²) < 4.78 is 12.8. The molecular weight excluding hydrogens is 528 g/mol. The van der Waals surface area contributed by atoms with Crippen molar-refractivity contribution in [3.05, 3.63) is 11.9 Å². The van der Waals surface area contributed by atoms with E-state index in [4.69, 9.17) is 19.7 Å². The number of aliphatic carboxylic acids is 3. The van der Waals surface area contributed by atoms with E-state index in [1.165, 1.54) is 32.1 Å². The topological polar surface area (TPSA) is 214 Å². The highest BCUT2D eigenvalue weighted by Gasteiger charge is 2.24. The van der Waals surface area contributed by atoms with Crippen LogP contribution in [0.15, 0.2) is 6.20 Å². The van der Waals surface area contributed by atoms with Crippen molar-refractivity contribution >= 4 is 23.9 Å². The van der Waals surface area contributed by atoms with E-state index in [0.717, 1.165) is 6.54 Å². The lowest BCUT2D eigenvalue weighted by molar-refractivity contribution is -0.140. The third kappa shape index (κ3) is 14.2. The van der Waals surface area contributed by atoms with Crippen LogP contribution in [0, 0.1) is 0 Å². The first kappa shape index (κ1) is 32.9. The van der Waals surface area contributed by atoms with Crippen molar-refractivity contribution in [2.75, 3.05) is 26.4 Å². The molecule has 0 spiro atoms. The number of nitrogens with one attached hydrogen (secondary N) is 3. The molecule has 0 radical (unpaired) electrons. The fraction of sp³-hybridized carbons (Fsp3) is 0.760. The minimum atomic E-state index is -1.45. The van der Waals surface area contributed by atoms with Crippen molar-refractivity contribution < 1.29 is 44.0 Å². The molecule has 2 amide bonds. The fourth-order valence-corrected chi connectivity index (χ4v) is 4.32. The number of amides is 2. The lowest BCUT2D eigenvalue weighted by atomic mass is 9.96. The number of hydrogen-bond donors (Lipinski definition) is 6. The molecule has 1 aliphatic carbocycles. The zero-order valence-corrected chi connectivity index (χ0v) is 22.8. The van der Waals surface area contributed by atoms with Crippen LogP contribution in [0.5, 0.6) is 0 Å². The number of carboxylic acids is 3. The van der Waals surface area contributed by atoms with Crippen molar-refractivity contribution in [2.24, 2.45) is 0 Å². The van der Waals surface area contributed by atoms with Crippen LogP contribution in [0.3, 0.4) is 0 Å². The molecule has 2 atom stereocenters. The largest absolute Gasteiger partial charge is 0.481 e. The summed E-state index contributed by atoms with van der Waals surface area (Å²) in [5.74, 6) is -3.88. The summed E-state index contributed by atoms with van der Waals surface area (Å²) >= 11 is 0. The second kappa shape index (κ2) is 18.9. The molecule has 1 aromatic heterocycles. The van der Waals surface area contributed by atoms with Gasteiger partial charge in [-0.25, -0.2) is 14.4 Å². The van der Waals surface area contributed by atoms with Crippen LogP contribution < -0.4 is 16.0 Å². The van der Waals surface area contributed by atoms with Gasteiger partial charge in [0, 0.05) is 25.6 Å². The molecule has 40 heavy (non-hydrogen) atoms. The third-order valence-corrected chi connectivity index (χ3v) is 6.48. The highest BCUT2D eigenvalue weighted by atomic mass is 16.5. The number of aryl methyl sites for hydroxylation is 1. The lowest BCUT2D eigenvalue weighted by Crippen LogP contribution is -2.51. The van der Waals surface area contributed by atoms with Crippen LogP contribution in [0.25, 0.3) is 0 Å². The van der Waals surface area contributed by atoms with E-state index in [2.05, 4.69) is 26.3 Å². The number of hydrogen-bond acceptors (Lipinski definition) is 9. The summed E-state index contributed by atoms with van der Waals surface area (Å²) in [6.45, 7) is 3.22. The summed E-state index contributed by atoms with van der Waals surface area (Å²) in [4.78, 5) is 45.4. The van der Waals surface area contributed by atoms with Crippen molar-refractivity contribution in [3.63, 3.8) is 0 Å². The van der Waals surface area contributed by atoms with Crippen LogP contribution in [-0.4, -0.2) is 98.7 Å².